The second kappa shape index (κ2) is 5.39. The molecule has 18 heavy (non-hydrogen) atoms. The van der Waals surface area contributed by atoms with Gasteiger partial charge in [0.2, 0.25) is 0 Å². The number of aromatic nitrogens is 1. The Balaban J connectivity index is 2.18. The molecule has 0 fully saturated rings. The lowest BCUT2D eigenvalue weighted by Crippen LogP contribution is -1.93. The monoisotopic (exact) mass is 259 g/mol. The van der Waals surface area contributed by atoms with E-state index in [1.54, 1.807) is 37.6 Å². The first kappa shape index (κ1) is 12.2. The van der Waals surface area contributed by atoms with Crippen molar-refractivity contribution < 1.29 is 4.74 Å². The zero-order chi connectivity index (χ0) is 13.0. The Hall–Kier alpha value is -2.25. The van der Waals surface area contributed by atoms with E-state index >= 15 is 0 Å². The Kier molecular flexibility index (Phi) is 3.66. The molecule has 0 unspecified atom stereocenters. The number of hydrogen-bond donors (Lipinski definition) is 1. The molecule has 0 aliphatic heterocycles. The highest BCUT2D eigenvalue weighted by Crippen LogP contribution is 2.28. The number of nitriles is 1. The highest BCUT2D eigenvalue weighted by Gasteiger charge is 2.02. The highest BCUT2D eigenvalue weighted by molar-refractivity contribution is 6.32. The summed E-state index contributed by atoms with van der Waals surface area (Å²) in [4.78, 5) is 3.97. The lowest BCUT2D eigenvalue weighted by atomic mass is 10.3. The molecule has 0 aliphatic rings. The molecule has 1 aromatic heterocycles. The van der Waals surface area contributed by atoms with Crippen molar-refractivity contribution >= 4 is 23.0 Å². The van der Waals surface area contributed by atoms with Gasteiger partial charge in [0.1, 0.15) is 17.5 Å². The lowest BCUT2D eigenvalue weighted by Gasteiger charge is -2.08. The van der Waals surface area contributed by atoms with Gasteiger partial charge in [-0.25, -0.2) is 4.98 Å². The minimum Gasteiger partial charge on any atom is -0.495 e. The summed E-state index contributed by atoms with van der Waals surface area (Å²) in [7, 11) is 1.57. The molecule has 0 amide bonds. The van der Waals surface area contributed by atoms with Crippen LogP contribution >= 0.6 is 11.6 Å². The molecular formula is C13H10ClN3O. The summed E-state index contributed by atoms with van der Waals surface area (Å²) in [5, 5.41) is 12.3. The largest absolute Gasteiger partial charge is 0.495 e. The average Bonchev–Trinajstić information content (AvgIpc) is 2.40. The van der Waals surface area contributed by atoms with Crippen molar-refractivity contribution in [1.82, 2.24) is 4.98 Å². The van der Waals surface area contributed by atoms with Gasteiger partial charge < -0.3 is 10.1 Å². The normalized spacial score (nSPS) is 9.61. The number of halogens is 1. The number of hydrogen-bond acceptors (Lipinski definition) is 4. The fourth-order valence-electron chi connectivity index (χ4n) is 1.44. The molecule has 0 radical (unpaired) electrons. The van der Waals surface area contributed by atoms with Crippen LogP contribution in [0.4, 0.5) is 11.4 Å². The second-order valence-electron chi connectivity index (χ2n) is 3.52. The van der Waals surface area contributed by atoms with E-state index in [1.165, 1.54) is 0 Å². The molecule has 1 N–H and O–H groups in total. The number of ether oxygens (including phenoxy) is 1. The third kappa shape index (κ3) is 2.70. The summed E-state index contributed by atoms with van der Waals surface area (Å²) in [6.07, 6.45) is 1.59. The van der Waals surface area contributed by atoms with Crippen LogP contribution in [-0.2, 0) is 0 Å². The molecule has 2 rings (SSSR count). The zero-order valence-electron chi connectivity index (χ0n) is 9.64. The molecule has 0 spiro atoms. The van der Waals surface area contributed by atoms with E-state index in [1.807, 2.05) is 12.1 Å². The van der Waals surface area contributed by atoms with E-state index in [0.29, 0.717) is 16.5 Å². The number of anilines is 2. The molecular weight excluding hydrogens is 250 g/mol. The molecule has 5 heteroatoms. The smallest absolute Gasteiger partial charge is 0.140 e. The van der Waals surface area contributed by atoms with Gasteiger partial charge in [0.05, 0.1) is 24.0 Å². The van der Waals surface area contributed by atoms with Crippen molar-refractivity contribution in [1.29, 1.82) is 5.26 Å². The molecule has 0 bridgehead atoms. The Morgan fingerprint density at radius 3 is 2.61 bits per heavy atom. The van der Waals surface area contributed by atoms with Gasteiger partial charge in [0, 0.05) is 5.69 Å². The van der Waals surface area contributed by atoms with E-state index in [-0.39, 0.29) is 0 Å². The summed E-state index contributed by atoms with van der Waals surface area (Å²) in [5.41, 5.74) is 2.00. The van der Waals surface area contributed by atoms with Crippen LogP contribution < -0.4 is 10.1 Å². The lowest BCUT2D eigenvalue weighted by molar-refractivity contribution is 0.415. The van der Waals surface area contributed by atoms with Crippen molar-refractivity contribution in [3.63, 3.8) is 0 Å². The molecule has 0 saturated carbocycles. The van der Waals surface area contributed by atoms with Gasteiger partial charge in [-0.15, -0.1) is 0 Å². The van der Waals surface area contributed by atoms with Gasteiger partial charge in [0.25, 0.3) is 0 Å². The fourth-order valence-corrected chi connectivity index (χ4v) is 1.70. The molecule has 0 atom stereocenters. The van der Waals surface area contributed by atoms with Gasteiger partial charge >= 0.3 is 0 Å². The first-order valence-electron chi connectivity index (χ1n) is 5.19. The van der Waals surface area contributed by atoms with Crippen LogP contribution in [0.1, 0.15) is 5.69 Å². The summed E-state index contributed by atoms with van der Waals surface area (Å²) < 4.78 is 5.07. The summed E-state index contributed by atoms with van der Waals surface area (Å²) in [6, 6.07) is 10.8. The first-order valence-corrected chi connectivity index (χ1v) is 5.57. The minimum atomic E-state index is 0.383. The predicted molar refractivity (Wildman–Crippen MR) is 70.2 cm³/mol. The maximum atomic E-state index is 8.65. The molecule has 4 nitrogen and oxygen atoms in total. The zero-order valence-corrected chi connectivity index (χ0v) is 10.4. The topological polar surface area (TPSA) is 57.9 Å². The van der Waals surface area contributed by atoms with Gasteiger partial charge in [0.15, 0.2) is 0 Å². The van der Waals surface area contributed by atoms with E-state index in [0.717, 1.165) is 11.4 Å². The molecule has 1 heterocycles. The molecule has 0 saturated heterocycles. The third-order valence-corrected chi connectivity index (χ3v) is 2.61. The van der Waals surface area contributed by atoms with E-state index in [9.17, 15) is 0 Å². The number of methoxy groups -OCH3 is 1. The summed E-state index contributed by atoms with van der Waals surface area (Å²) in [6.45, 7) is 0. The first-order chi connectivity index (χ1) is 8.72. The SMILES string of the molecule is COc1ccc(Nc2ccc(C#N)nc2)cc1Cl. The molecule has 90 valence electrons. The van der Waals surface area contributed by atoms with E-state index < -0.39 is 0 Å². The van der Waals surface area contributed by atoms with Crippen molar-refractivity contribution in [3.8, 4) is 11.8 Å². The van der Waals surface area contributed by atoms with Crippen molar-refractivity contribution in [2.45, 2.75) is 0 Å². The quantitative estimate of drug-likeness (QED) is 0.918. The Morgan fingerprint density at radius 2 is 2.06 bits per heavy atom. The van der Waals surface area contributed by atoms with Crippen LogP contribution in [0.3, 0.4) is 0 Å². The van der Waals surface area contributed by atoms with Crippen LogP contribution in [0.25, 0.3) is 0 Å². The number of pyridine rings is 1. The van der Waals surface area contributed by atoms with Crippen LogP contribution in [0.5, 0.6) is 5.75 Å². The van der Waals surface area contributed by atoms with E-state index in [2.05, 4.69) is 10.3 Å². The maximum Gasteiger partial charge on any atom is 0.140 e. The van der Waals surface area contributed by atoms with E-state index in [4.69, 9.17) is 21.6 Å². The number of benzene rings is 1. The minimum absolute atomic E-state index is 0.383. The van der Waals surface area contributed by atoms with Gasteiger partial charge in [-0.1, -0.05) is 11.6 Å². The van der Waals surface area contributed by atoms with Gasteiger partial charge in [-0.3, -0.25) is 0 Å². The standard InChI is InChI=1S/C13H10ClN3O/c1-18-13-5-4-9(6-12(13)14)17-11-3-2-10(7-15)16-8-11/h2-6,8,17H,1H3. The van der Waals surface area contributed by atoms with Crippen LogP contribution in [-0.4, -0.2) is 12.1 Å². The Morgan fingerprint density at radius 1 is 1.28 bits per heavy atom. The Labute approximate surface area is 110 Å². The molecule has 1 aromatic carbocycles. The van der Waals surface area contributed by atoms with Crippen LogP contribution in [0.2, 0.25) is 5.02 Å². The Bertz CT molecular complexity index is 590. The number of nitrogens with zero attached hydrogens (tertiary/aromatic N) is 2. The molecule has 2 aromatic rings. The predicted octanol–water partition coefficient (Wildman–Crippen LogP) is 3.36. The molecule has 0 aliphatic carbocycles. The second-order valence-corrected chi connectivity index (χ2v) is 3.93. The van der Waals surface area contributed by atoms with Gasteiger partial charge in [-0.05, 0) is 30.3 Å². The summed E-state index contributed by atoms with van der Waals surface area (Å²) >= 11 is 6.02. The fraction of sp³-hybridized carbons (Fsp3) is 0.0769. The van der Waals surface area contributed by atoms with Crippen LogP contribution in [0.15, 0.2) is 36.5 Å². The van der Waals surface area contributed by atoms with Crippen LogP contribution in [0, 0.1) is 11.3 Å². The van der Waals surface area contributed by atoms with Crippen molar-refractivity contribution in [2.24, 2.45) is 0 Å². The van der Waals surface area contributed by atoms with Crippen molar-refractivity contribution in [2.75, 3.05) is 12.4 Å². The summed E-state index contributed by atoms with van der Waals surface area (Å²) in [5.74, 6) is 0.625. The third-order valence-electron chi connectivity index (χ3n) is 2.32. The number of nitrogens with one attached hydrogen (secondary N) is 1. The highest BCUT2D eigenvalue weighted by atomic mass is 35.5. The number of rotatable bonds is 3. The van der Waals surface area contributed by atoms with Gasteiger partial charge in [-0.2, -0.15) is 5.26 Å². The van der Waals surface area contributed by atoms with Crippen molar-refractivity contribution in [3.05, 3.63) is 47.2 Å². The maximum absolute atomic E-state index is 8.65. The average molecular weight is 260 g/mol.